The first kappa shape index (κ1) is 25.0. The fraction of sp³-hybridized carbons (Fsp3) is 0.0385. The van der Waals surface area contributed by atoms with Gasteiger partial charge in [0.25, 0.3) is 15.9 Å². The second-order valence-corrected chi connectivity index (χ2v) is 10.8. The Morgan fingerprint density at radius 2 is 1.47 bits per heavy atom. The highest BCUT2D eigenvalue weighted by atomic mass is 32.2. The molecule has 0 aliphatic heterocycles. The molecule has 190 valence electrons. The Labute approximate surface area is 222 Å². The van der Waals surface area contributed by atoms with Gasteiger partial charge in [-0.25, -0.2) is 13.4 Å². The van der Waals surface area contributed by atoms with Gasteiger partial charge in [-0.3, -0.25) is 14.3 Å². The van der Waals surface area contributed by atoms with Crippen LogP contribution in [0.5, 0.6) is 0 Å². The number of hydrogen-bond donors (Lipinski definition) is 3. The molecule has 0 unspecified atom stereocenters. The first-order valence-electron chi connectivity index (χ1n) is 11.3. The minimum absolute atomic E-state index is 0.0100. The lowest BCUT2D eigenvalue weighted by molar-refractivity contribution is -0.598. The first-order valence-corrected chi connectivity index (χ1v) is 13.7. The van der Waals surface area contributed by atoms with E-state index in [-0.39, 0.29) is 28.3 Å². The number of carbonyl (C=O) groups is 2. The van der Waals surface area contributed by atoms with E-state index in [0.29, 0.717) is 27.3 Å². The van der Waals surface area contributed by atoms with Gasteiger partial charge in [-0.1, -0.05) is 18.2 Å². The summed E-state index contributed by atoms with van der Waals surface area (Å²) in [6.45, 7) is 1.37. The molecule has 2 amide bonds. The van der Waals surface area contributed by atoms with Crippen LogP contribution in [0.15, 0.2) is 95.5 Å². The van der Waals surface area contributed by atoms with Gasteiger partial charge in [-0.15, -0.1) is 11.3 Å². The number of thiophene rings is 1. The van der Waals surface area contributed by atoms with Crippen molar-refractivity contribution in [1.29, 1.82) is 0 Å². The molecule has 5 rings (SSSR count). The topological polar surface area (TPSA) is 134 Å². The van der Waals surface area contributed by atoms with Gasteiger partial charge >= 0.3 is 5.82 Å². The normalized spacial score (nSPS) is 11.2. The number of nitrogens with one attached hydrogen (secondary N) is 3. The zero-order valence-electron chi connectivity index (χ0n) is 20.0. The van der Waals surface area contributed by atoms with Crippen LogP contribution in [0.4, 0.5) is 17.2 Å². The molecule has 38 heavy (non-hydrogen) atoms. The molecule has 0 saturated heterocycles. The van der Waals surface area contributed by atoms with E-state index >= 15 is 0 Å². The second kappa shape index (κ2) is 10.4. The smallest absolute Gasteiger partial charge is 0.326 e. The van der Waals surface area contributed by atoms with Crippen LogP contribution in [0, 0.1) is 0 Å². The third-order valence-electron chi connectivity index (χ3n) is 5.34. The van der Waals surface area contributed by atoms with Gasteiger partial charge in [0.05, 0.1) is 22.2 Å². The molecule has 3 aromatic heterocycles. The fourth-order valence-electron chi connectivity index (χ4n) is 3.60. The van der Waals surface area contributed by atoms with Crippen molar-refractivity contribution in [3.63, 3.8) is 0 Å². The fourth-order valence-corrected chi connectivity index (χ4v) is 5.22. The summed E-state index contributed by atoms with van der Waals surface area (Å²) >= 11 is 1.34. The lowest BCUT2D eigenvalue weighted by Gasteiger charge is -2.10. The van der Waals surface area contributed by atoms with E-state index in [1.807, 2.05) is 11.4 Å². The minimum Gasteiger partial charge on any atom is -0.326 e. The van der Waals surface area contributed by atoms with Crippen molar-refractivity contribution in [1.82, 2.24) is 9.97 Å². The summed E-state index contributed by atoms with van der Waals surface area (Å²) in [5.74, 6) is -0.210. The Hall–Kier alpha value is -4.68. The number of pyridine rings is 1. The van der Waals surface area contributed by atoms with Gasteiger partial charge in [-0.05, 0) is 52.8 Å². The Morgan fingerprint density at radius 3 is 2.11 bits per heavy atom. The Balaban J connectivity index is 1.47. The number of para-hydroxylation sites is 2. The first-order chi connectivity index (χ1) is 18.3. The molecular formula is C26H21N6O4S2+. The SMILES string of the molecule is CC(=O)Nc1ccc(S(=O)(=O)Nc2nc3ccccc3nc2-[n+]2ccc(NC(=O)c3cccs3)cc2)cc1. The van der Waals surface area contributed by atoms with Crippen molar-refractivity contribution in [2.24, 2.45) is 0 Å². The van der Waals surface area contributed by atoms with Gasteiger partial charge < -0.3 is 10.6 Å². The van der Waals surface area contributed by atoms with Gasteiger partial charge in [0, 0.05) is 30.4 Å². The summed E-state index contributed by atoms with van der Waals surface area (Å²) < 4.78 is 30.6. The van der Waals surface area contributed by atoms with Crippen molar-refractivity contribution in [2.45, 2.75) is 11.8 Å². The van der Waals surface area contributed by atoms with Crippen LogP contribution < -0.4 is 19.9 Å². The molecule has 0 saturated carbocycles. The van der Waals surface area contributed by atoms with Crippen LogP contribution in [0.1, 0.15) is 16.6 Å². The van der Waals surface area contributed by atoms with Crippen LogP contribution in [0.2, 0.25) is 0 Å². The average molecular weight is 546 g/mol. The Bertz CT molecular complexity index is 1740. The highest BCUT2D eigenvalue weighted by Crippen LogP contribution is 2.22. The summed E-state index contributed by atoms with van der Waals surface area (Å²) in [5, 5.41) is 7.26. The van der Waals surface area contributed by atoms with E-state index in [1.165, 1.54) is 42.5 Å². The number of carbonyl (C=O) groups excluding carboxylic acids is 2. The molecular weight excluding hydrogens is 524 g/mol. The van der Waals surface area contributed by atoms with Crippen LogP contribution in [0.25, 0.3) is 16.9 Å². The predicted molar refractivity (Wildman–Crippen MR) is 145 cm³/mol. The zero-order valence-corrected chi connectivity index (χ0v) is 21.6. The molecule has 3 heterocycles. The quantitative estimate of drug-likeness (QED) is 0.265. The molecule has 0 fully saturated rings. The summed E-state index contributed by atoms with van der Waals surface area (Å²) in [6, 6.07) is 19.8. The molecule has 0 bridgehead atoms. The van der Waals surface area contributed by atoms with Crippen molar-refractivity contribution in [3.8, 4) is 5.82 Å². The summed E-state index contributed by atoms with van der Waals surface area (Å²) in [7, 11) is -4.04. The molecule has 2 aromatic carbocycles. The summed E-state index contributed by atoms with van der Waals surface area (Å²) in [4.78, 5) is 33.4. The van der Waals surface area contributed by atoms with E-state index in [1.54, 1.807) is 59.4 Å². The van der Waals surface area contributed by atoms with Crippen LogP contribution in [-0.2, 0) is 14.8 Å². The van der Waals surface area contributed by atoms with Crippen LogP contribution in [0.3, 0.4) is 0 Å². The van der Waals surface area contributed by atoms with Crippen molar-refractivity contribution < 1.29 is 22.6 Å². The predicted octanol–water partition coefficient (Wildman–Crippen LogP) is 3.98. The zero-order chi connectivity index (χ0) is 26.7. The maximum atomic E-state index is 13.2. The van der Waals surface area contributed by atoms with E-state index in [4.69, 9.17) is 0 Å². The number of aromatic nitrogens is 3. The standard InChI is InChI=1S/C26H20N6O4S2/c1-17(33)27-18-8-10-20(11-9-18)38(35,36)31-24-25(30-22-6-3-2-5-21(22)29-24)32-14-12-19(13-15-32)28-26(34)23-7-4-16-37-23/h2-16H,1H3,(H2,27,29,31,33)/p+1. The molecule has 0 aliphatic carbocycles. The van der Waals surface area contributed by atoms with Crippen LogP contribution >= 0.6 is 11.3 Å². The molecule has 0 aliphatic rings. The number of anilines is 3. The van der Waals surface area contributed by atoms with Crippen LogP contribution in [-0.4, -0.2) is 30.2 Å². The number of benzene rings is 2. The highest BCUT2D eigenvalue weighted by molar-refractivity contribution is 7.92. The van der Waals surface area contributed by atoms with Crippen molar-refractivity contribution in [2.75, 3.05) is 15.4 Å². The molecule has 5 aromatic rings. The second-order valence-electron chi connectivity index (χ2n) is 8.12. The van der Waals surface area contributed by atoms with E-state index in [0.717, 1.165) is 0 Å². The summed E-state index contributed by atoms with van der Waals surface area (Å²) in [6.07, 6.45) is 3.31. The number of nitrogens with zero attached hydrogens (tertiary/aromatic N) is 3. The third kappa shape index (κ3) is 5.51. The Morgan fingerprint density at radius 1 is 0.816 bits per heavy atom. The van der Waals surface area contributed by atoms with Gasteiger partial charge in [0.2, 0.25) is 17.2 Å². The lowest BCUT2D eigenvalue weighted by Crippen LogP contribution is -2.33. The van der Waals surface area contributed by atoms with E-state index in [2.05, 4.69) is 25.3 Å². The maximum Gasteiger partial charge on any atom is 0.372 e. The summed E-state index contributed by atoms with van der Waals surface area (Å²) in [5.41, 5.74) is 2.13. The maximum absolute atomic E-state index is 13.2. The number of rotatable bonds is 7. The number of hydrogen-bond acceptors (Lipinski definition) is 7. The molecule has 12 heteroatoms. The molecule has 10 nitrogen and oxygen atoms in total. The van der Waals surface area contributed by atoms with E-state index < -0.39 is 10.0 Å². The lowest BCUT2D eigenvalue weighted by atomic mass is 10.3. The number of fused-ring (bicyclic) bond motifs is 1. The average Bonchev–Trinajstić information content (AvgIpc) is 3.44. The number of sulfonamides is 1. The van der Waals surface area contributed by atoms with Gasteiger partial charge in [-0.2, -0.15) is 4.57 Å². The Kier molecular flexibility index (Phi) is 6.81. The van der Waals surface area contributed by atoms with Gasteiger partial charge in [0.1, 0.15) is 5.52 Å². The highest BCUT2D eigenvalue weighted by Gasteiger charge is 2.25. The molecule has 0 radical (unpaired) electrons. The minimum atomic E-state index is -4.04. The third-order valence-corrected chi connectivity index (χ3v) is 7.57. The van der Waals surface area contributed by atoms with Crippen molar-refractivity contribution in [3.05, 3.63) is 95.4 Å². The van der Waals surface area contributed by atoms with Gasteiger partial charge in [0.15, 0.2) is 0 Å². The largest absolute Gasteiger partial charge is 0.372 e. The molecule has 0 spiro atoms. The monoisotopic (exact) mass is 545 g/mol. The number of amides is 2. The van der Waals surface area contributed by atoms with Crippen molar-refractivity contribution >= 4 is 61.4 Å². The molecule has 0 atom stereocenters. The van der Waals surface area contributed by atoms with E-state index in [9.17, 15) is 18.0 Å². The molecule has 3 N–H and O–H groups in total.